The lowest BCUT2D eigenvalue weighted by molar-refractivity contribution is 0.748. The molecule has 0 unspecified atom stereocenters. The maximum atomic E-state index is 5.74. The Balaban J connectivity index is 1.77. The summed E-state index contributed by atoms with van der Waals surface area (Å²) in [7, 11) is 0. The third-order valence-corrected chi connectivity index (χ3v) is 5.57. The van der Waals surface area contributed by atoms with E-state index in [1.54, 1.807) is 0 Å². The summed E-state index contributed by atoms with van der Waals surface area (Å²) in [4.78, 5) is 3.75. The minimum atomic E-state index is 0.754. The number of H-pyrrole nitrogens is 1. The summed E-state index contributed by atoms with van der Waals surface area (Å²) < 4.78 is 0. The zero-order valence-corrected chi connectivity index (χ0v) is 16.5. The normalized spacial score (nSPS) is 11.2. The second kappa shape index (κ2) is 8.45. The molecule has 1 heterocycles. The van der Waals surface area contributed by atoms with Crippen LogP contribution in [0.2, 0.25) is 0 Å². The van der Waals surface area contributed by atoms with Gasteiger partial charge < -0.3 is 10.7 Å². The van der Waals surface area contributed by atoms with Gasteiger partial charge in [-0.1, -0.05) is 79.7 Å². The van der Waals surface area contributed by atoms with Crippen molar-refractivity contribution < 1.29 is 0 Å². The van der Waals surface area contributed by atoms with Crippen molar-refractivity contribution in [1.29, 1.82) is 0 Å². The first-order valence-electron chi connectivity index (χ1n) is 10.3. The molecule has 4 aromatic rings. The third-order valence-electron chi connectivity index (χ3n) is 5.57. The molecule has 3 N–H and O–H groups in total. The van der Waals surface area contributed by atoms with Crippen molar-refractivity contribution in [3.63, 3.8) is 0 Å². The Labute approximate surface area is 167 Å². The number of unbranched alkanes of at least 4 members (excludes halogenated alkanes) is 1. The van der Waals surface area contributed by atoms with E-state index in [1.807, 2.05) is 0 Å². The molecule has 0 saturated heterocycles. The van der Waals surface area contributed by atoms with Crippen LogP contribution in [0, 0.1) is 0 Å². The Morgan fingerprint density at radius 3 is 2.18 bits per heavy atom. The molecule has 2 heteroatoms. The van der Waals surface area contributed by atoms with Crippen LogP contribution in [0.15, 0.2) is 72.8 Å². The molecule has 0 spiro atoms. The first-order chi connectivity index (χ1) is 13.8. The molecule has 142 valence electrons. The number of nitrogens with two attached hydrogens (primary N) is 1. The Morgan fingerprint density at radius 2 is 1.46 bits per heavy atom. The number of rotatable bonds is 7. The summed E-state index contributed by atoms with van der Waals surface area (Å²) in [6, 6.07) is 26.1. The van der Waals surface area contributed by atoms with Gasteiger partial charge in [0.1, 0.15) is 0 Å². The number of aromatic nitrogens is 1. The van der Waals surface area contributed by atoms with Crippen molar-refractivity contribution in [2.24, 2.45) is 5.73 Å². The van der Waals surface area contributed by atoms with Crippen LogP contribution < -0.4 is 5.73 Å². The number of hydrogen-bond donors (Lipinski definition) is 2. The molecule has 3 aromatic carbocycles. The van der Waals surface area contributed by atoms with Crippen molar-refractivity contribution in [3.8, 4) is 22.4 Å². The lowest BCUT2D eigenvalue weighted by Gasteiger charge is -2.07. The molecule has 28 heavy (non-hydrogen) atoms. The fraction of sp³-hybridized carbons (Fsp3) is 0.231. The lowest BCUT2D eigenvalue weighted by atomic mass is 9.97. The highest BCUT2D eigenvalue weighted by Crippen LogP contribution is 2.34. The number of para-hydroxylation sites is 1. The van der Waals surface area contributed by atoms with Crippen LogP contribution in [0.1, 0.15) is 30.9 Å². The van der Waals surface area contributed by atoms with Crippen molar-refractivity contribution in [3.05, 3.63) is 83.9 Å². The minimum Gasteiger partial charge on any atom is -0.354 e. The number of nitrogens with one attached hydrogen (secondary N) is 1. The number of aromatic amines is 1. The van der Waals surface area contributed by atoms with Crippen LogP contribution in [0.4, 0.5) is 0 Å². The molecule has 0 aliphatic carbocycles. The average Bonchev–Trinajstić information content (AvgIpc) is 3.13. The molecular formula is C26H28N2. The van der Waals surface area contributed by atoms with Gasteiger partial charge >= 0.3 is 0 Å². The van der Waals surface area contributed by atoms with Gasteiger partial charge in [0.05, 0.1) is 0 Å². The fourth-order valence-electron chi connectivity index (χ4n) is 4.04. The zero-order valence-electron chi connectivity index (χ0n) is 16.5. The fourth-order valence-corrected chi connectivity index (χ4v) is 4.04. The third kappa shape index (κ3) is 3.61. The van der Waals surface area contributed by atoms with E-state index >= 15 is 0 Å². The predicted molar refractivity (Wildman–Crippen MR) is 121 cm³/mol. The van der Waals surface area contributed by atoms with E-state index < -0.39 is 0 Å². The molecule has 1 aromatic heterocycles. The smallest absolute Gasteiger partial charge is 0.0497 e. The van der Waals surface area contributed by atoms with Crippen LogP contribution in [0.3, 0.4) is 0 Å². The predicted octanol–water partition coefficient (Wildman–Crippen LogP) is 6.35. The van der Waals surface area contributed by atoms with Crippen molar-refractivity contribution in [1.82, 2.24) is 4.98 Å². The maximum absolute atomic E-state index is 5.74. The summed E-state index contributed by atoms with van der Waals surface area (Å²) in [6.07, 6.45) is 4.27. The van der Waals surface area contributed by atoms with Crippen LogP contribution in [-0.2, 0) is 12.8 Å². The van der Waals surface area contributed by atoms with Gasteiger partial charge in [-0.3, -0.25) is 0 Å². The molecule has 0 bridgehead atoms. The first kappa shape index (κ1) is 18.5. The van der Waals surface area contributed by atoms with Gasteiger partial charge in [-0.2, -0.15) is 0 Å². The van der Waals surface area contributed by atoms with Gasteiger partial charge in [0, 0.05) is 16.6 Å². The van der Waals surface area contributed by atoms with Gasteiger partial charge in [0.2, 0.25) is 0 Å². The van der Waals surface area contributed by atoms with Crippen LogP contribution in [0.25, 0.3) is 33.3 Å². The number of hydrogen-bond acceptors (Lipinski definition) is 1. The summed E-state index contributed by atoms with van der Waals surface area (Å²) in [6.45, 7) is 2.97. The monoisotopic (exact) mass is 368 g/mol. The minimum absolute atomic E-state index is 0.754. The summed E-state index contributed by atoms with van der Waals surface area (Å²) in [5, 5.41) is 1.36. The standard InChI is InChI=1S/C26H28N2/c1-2-19-11-8-13-24-23(12-6-7-18-27)26(28-25(19)24)22-16-14-21(15-17-22)20-9-4-3-5-10-20/h3-5,8-11,13-17,28H,2,6-7,12,18,27H2,1H3. The zero-order chi connectivity index (χ0) is 19.3. The molecule has 0 atom stereocenters. The Hall–Kier alpha value is -2.84. The molecular weight excluding hydrogens is 340 g/mol. The van der Waals surface area contributed by atoms with E-state index in [4.69, 9.17) is 5.73 Å². The van der Waals surface area contributed by atoms with E-state index in [-0.39, 0.29) is 0 Å². The highest BCUT2D eigenvalue weighted by molar-refractivity contribution is 5.93. The number of benzene rings is 3. The Bertz CT molecular complexity index is 1040. The quantitative estimate of drug-likeness (QED) is 0.367. The number of aryl methyl sites for hydroxylation is 2. The molecule has 0 saturated carbocycles. The van der Waals surface area contributed by atoms with Gasteiger partial charge in [-0.15, -0.1) is 0 Å². The van der Waals surface area contributed by atoms with Gasteiger partial charge in [-0.25, -0.2) is 0 Å². The highest BCUT2D eigenvalue weighted by atomic mass is 14.7. The molecule has 4 rings (SSSR count). The average molecular weight is 369 g/mol. The van der Waals surface area contributed by atoms with E-state index in [0.29, 0.717) is 0 Å². The van der Waals surface area contributed by atoms with Crippen LogP contribution in [-0.4, -0.2) is 11.5 Å². The largest absolute Gasteiger partial charge is 0.354 e. The van der Waals surface area contributed by atoms with E-state index in [0.717, 1.165) is 32.2 Å². The van der Waals surface area contributed by atoms with Crippen LogP contribution in [0.5, 0.6) is 0 Å². The number of fused-ring (bicyclic) bond motifs is 1. The summed E-state index contributed by atoms with van der Waals surface area (Å²) in [5.41, 5.74) is 14.8. The van der Waals surface area contributed by atoms with Crippen molar-refractivity contribution >= 4 is 10.9 Å². The first-order valence-corrected chi connectivity index (χ1v) is 10.3. The van der Waals surface area contributed by atoms with Crippen LogP contribution >= 0.6 is 0 Å². The lowest BCUT2D eigenvalue weighted by Crippen LogP contribution is -1.99. The van der Waals surface area contributed by atoms with Crippen molar-refractivity contribution in [2.45, 2.75) is 32.6 Å². The SMILES string of the molecule is CCc1cccc2c(CCCCN)c(-c3ccc(-c4ccccc4)cc3)[nH]c12. The van der Waals surface area contributed by atoms with E-state index in [9.17, 15) is 0 Å². The van der Waals surface area contributed by atoms with E-state index in [2.05, 4.69) is 84.7 Å². The molecule has 0 radical (unpaired) electrons. The Kier molecular flexibility index (Phi) is 5.59. The maximum Gasteiger partial charge on any atom is 0.0497 e. The topological polar surface area (TPSA) is 41.8 Å². The molecule has 0 amide bonds. The van der Waals surface area contributed by atoms with Crippen molar-refractivity contribution in [2.75, 3.05) is 6.54 Å². The highest BCUT2D eigenvalue weighted by Gasteiger charge is 2.15. The second-order valence-corrected chi connectivity index (χ2v) is 7.36. The molecule has 0 aliphatic rings. The summed E-state index contributed by atoms with van der Waals surface area (Å²) >= 11 is 0. The molecule has 0 aliphatic heterocycles. The Morgan fingerprint density at radius 1 is 0.750 bits per heavy atom. The van der Waals surface area contributed by atoms with E-state index in [1.165, 1.54) is 44.4 Å². The molecule has 2 nitrogen and oxygen atoms in total. The van der Waals surface area contributed by atoms with Gasteiger partial charge in [0.15, 0.2) is 0 Å². The molecule has 0 fully saturated rings. The second-order valence-electron chi connectivity index (χ2n) is 7.36. The summed E-state index contributed by atoms with van der Waals surface area (Å²) in [5.74, 6) is 0. The van der Waals surface area contributed by atoms with Gasteiger partial charge in [-0.05, 0) is 60.0 Å². The van der Waals surface area contributed by atoms with Gasteiger partial charge in [0.25, 0.3) is 0 Å².